The molecule has 2 saturated heterocycles. The number of carbonyl (C=O) groups excluding carboxylic acids is 4. The summed E-state index contributed by atoms with van der Waals surface area (Å²) in [5.74, 6) is -4.75. The Morgan fingerprint density at radius 2 is 1.44 bits per heavy atom. The average molecular weight is 522 g/mol. The van der Waals surface area contributed by atoms with Gasteiger partial charge in [-0.1, -0.05) is 47.5 Å². The van der Waals surface area contributed by atoms with Gasteiger partial charge in [0.2, 0.25) is 29.0 Å². The van der Waals surface area contributed by atoms with Gasteiger partial charge in [0.1, 0.15) is 11.9 Å². The Hall–Kier alpha value is -3.52. The van der Waals surface area contributed by atoms with E-state index in [-0.39, 0.29) is 16.8 Å². The van der Waals surface area contributed by atoms with Crippen molar-refractivity contribution in [1.82, 2.24) is 0 Å². The molecule has 3 aromatic carbocycles. The van der Waals surface area contributed by atoms with Gasteiger partial charge in [-0.2, -0.15) is 0 Å². The molecular weight excluding hydrogens is 505 g/mol. The van der Waals surface area contributed by atoms with E-state index in [1.165, 1.54) is 31.4 Å². The Balaban J connectivity index is 1.57. The third kappa shape index (κ3) is 2.91. The number of hydrogen-bond acceptors (Lipinski definition) is 6. The third-order valence-corrected chi connectivity index (χ3v) is 7.59. The molecule has 0 bridgehead atoms. The fraction of sp³-hybridized carbons (Fsp3) is 0.185. The SMILES string of the molecule is COc1ccc(Cl)cc1C1OC2(C(=O)c3ccccc3C2=O)C2C(=O)N(c3ccc(Cl)cc3)C(=O)C12. The van der Waals surface area contributed by atoms with E-state index in [0.29, 0.717) is 21.4 Å². The zero-order valence-electron chi connectivity index (χ0n) is 18.7. The molecule has 3 aromatic rings. The number of amides is 2. The van der Waals surface area contributed by atoms with Crippen molar-refractivity contribution < 1.29 is 28.7 Å². The van der Waals surface area contributed by atoms with Gasteiger partial charge in [0.05, 0.1) is 24.6 Å². The van der Waals surface area contributed by atoms with Crippen molar-refractivity contribution >= 4 is 52.3 Å². The number of rotatable bonds is 3. The fourth-order valence-electron chi connectivity index (χ4n) is 5.57. The van der Waals surface area contributed by atoms with E-state index < -0.39 is 46.9 Å². The molecule has 3 atom stereocenters. The van der Waals surface area contributed by atoms with Crippen LogP contribution in [-0.2, 0) is 14.3 Å². The van der Waals surface area contributed by atoms with Gasteiger partial charge in [-0.25, -0.2) is 4.90 Å². The Bertz CT molecular complexity index is 1450. The minimum absolute atomic E-state index is 0.158. The summed E-state index contributed by atoms with van der Waals surface area (Å²) in [5.41, 5.74) is -1.21. The summed E-state index contributed by atoms with van der Waals surface area (Å²) in [6.45, 7) is 0. The standard InChI is InChI=1S/C27H17Cl2NO6/c1-35-19-11-8-14(29)12-18(19)22-20-21(26(34)30(25(20)33)15-9-6-13(28)7-10-15)27(36-22)23(31)16-4-2-3-5-17(16)24(27)32/h2-12,20-22H,1H3. The van der Waals surface area contributed by atoms with Gasteiger partial charge < -0.3 is 9.47 Å². The molecular formula is C27H17Cl2NO6. The van der Waals surface area contributed by atoms with Crippen LogP contribution in [0.2, 0.25) is 10.0 Å². The molecule has 36 heavy (non-hydrogen) atoms. The molecule has 2 amide bonds. The Labute approximate surface area is 215 Å². The molecule has 180 valence electrons. The normalized spacial score (nSPS) is 24.0. The highest BCUT2D eigenvalue weighted by molar-refractivity contribution is 6.37. The predicted octanol–water partition coefficient (Wildman–Crippen LogP) is 4.70. The molecule has 2 fully saturated rings. The van der Waals surface area contributed by atoms with Crippen molar-refractivity contribution in [2.24, 2.45) is 11.8 Å². The molecule has 1 aliphatic carbocycles. The maximum atomic E-state index is 13.9. The highest BCUT2D eigenvalue weighted by atomic mass is 35.5. The lowest BCUT2D eigenvalue weighted by Gasteiger charge is -2.27. The Morgan fingerprint density at radius 3 is 2.06 bits per heavy atom. The van der Waals surface area contributed by atoms with Crippen LogP contribution in [0.3, 0.4) is 0 Å². The zero-order chi connectivity index (χ0) is 25.4. The summed E-state index contributed by atoms with van der Waals surface area (Å²) in [6, 6.07) is 17.3. The lowest BCUT2D eigenvalue weighted by Crippen LogP contribution is -2.51. The molecule has 2 heterocycles. The number of halogens is 2. The first-order valence-electron chi connectivity index (χ1n) is 11.1. The largest absolute Gasteiger partial charge is 0.496 e. The van der Waals surface area contributed by atoms with Crippen LogP contribution >= 0.6 is 23.2 Å². The number of ketones is 2. The molecule has 6 rings (SSSR count). The number of ether oxygens (including phenoxy) is 2. The van der Waals surface area contributed by atoms with E-state index in [0.717, 1.165) is 4.90 Å². The van der Waals surface area contributed by atoms with Crippen LogP contribution in [0.5, 0.6) is 5.75 Å². The van der Waals surface area contributed by atoms with Gasteiger partial charge in [0.25, 0.3) is 0 Å². The van der Waals surface area contributed by atoms with Gasteiger partial charge in [-0.3, -0.25) is 19.2 Å². The van der Waals surface area contributed by atoms with E-state index in [2.05, 4.69) is 0 Å². The number of benzene rings is 3. The summed E-state index contributed by atoms with van der Waals surface area (Å²) in [7, 11) is 1.44. The summed E-state index contributed by atoms with van der Waals surface area (Å²) >= 11 is 12.3. The second kappa shape index (κ2) is 8.00. The molecule has 3 unspecified atom stereocenters. The predicted molar refractivity (Wildman–Crippen MR) is 131 cm³/mol. The quantitative estimate of drug-likeness (QED) is 0.366. The van der Waals surface area contributed by atoms with Crippen molar-refractivity contribution in [1.29, 1.82) is 0 Å². The number of carbonyl (C=O) groups is 4. The number of nitrogens with zero attached hydrogens (tertiary/aromatic N) is 1. The minimum Gasteiger partial charge on any atom is -0.496 e. The van der Waals surface area contributed by atoms with Gasteiger partial charge in [-0.15, -0.1) is 0 Å². The Kier molecular flexibility index (Phi) is 5.09. The van der Waals surface area contributed by atoms with E-state index in [1.54, 1.807) is 42.5 Å². The van der Waals surface area contributed by atoms with E-state index >= 15 is 0 Å². The highest BCUT2D eigenvalue weighted by Gasteiger charge is 2.75. The molecule has 0 radical (unpaired) electrons. The van der Waals surface area contributed by atoms with Crippen LogP contribution in [-0.4, -0.2) is 36.1 Å². The van der Waals surface area contributed by atoms with Crippen LogP contribution in [0.15, 0.2) is 66.7 Å². The molecule has 3 aliphatic rings. The van der Waals surface area contributed by atoms with E-state index in [4.69, 9.17) is 32.7 Å². The topological polar surface area (TPSA) is 90.0 Å². The van der Waals surface area contributed by atoms with E-state index in [1.807, 2.05) is 0 Å². The number of methoxy groups -OCH3 is 1. The number of imide groups is 1. The van der Waals surface area contributed by atoms with Gasteiger partial charge in [-0.05, 0) is 42.5 Å². The second-order valence-corrected chi connectivity index (χ2v) is 9.73. The van der Waals surface area contributed by atoms with Crippen molar-refractivity contribution in [3.05, 3.63) is 93.5 Å². The van der Waals surface area contributed by atoms with Crippen LogP contribution in [0.4, 0.5) is 5.69 Å². The maximum Gasteiger partial charge on any atom is 0.241 e. The molecule has 0 N–H and O–H groups in total. The molecule has 0 aromatic heterocycles. The smallest absolute Gasteiger partial charge is 0.241 e. The number of hydrogen-bond donors (Lipinski definition) is 0. The monoisotopic (exact) mass is 521 g/mol. The molecule has 7 nitrogen and oxygen atoms in total. The number of fused-ring (bicyclic) bond motifs is 3. The molecule has 1 spiro atoms. The molecule has 9 heteroatoms. The summed E-state index contributed by atoms with van der Waals surface area (Å²) < 4.78 is 11.8. The second-order valence-electron chi connectivity index (χ2n) is 8.86. The fourth-order valence-corrected chi connectivity index (χ4v) is 5.88. The highest BCUT2D eigenvalue weighted by Crippen LogP contribution is 2.58. The van der Waals surface area contributed by atoms with Crippen LogP contribution in [0, 0.1) is 11.8 Å². The first-order valence-corrected chi connectivity index (χ1v) is 11.9. The van der Waals surface area contributed by atoms with Crippen molar-refractivity contribution in [3.8, 4) is 5.75 Å². The lowest BCUT2D eigenvalue weighted by atomic mass is 9.77. The summed E-state index contributed by atoms with van der Waals surface area (Å²) in [6.07, 6.45) is -1.14. The third-order valence-electron chi connectivity index (χ3n) is 7.10. The van der Waals surface area contributed by atoms with Crippen LogP contribution in [0.25, 0.3) is 0 Å². The first kappa shape index (κ1) is 22.9. The minimum atomic E-state index is -2.18. The van der Waals surface area contributed by atoms with Gasteiger partial charge >= 0.3 is 0 Å². The average Bonchev–Trinajstić information content (AvgIpc) is 3.45. The van der Waals surface area contributed by atoms with Gasteiger partial charge in [0.15, 0.2) is 0 Å². The summed E-state index contributed by atoms with van der Waals surface area (Å²) in [5, 5.41) is 0.765. The maximum absolute atomic E-state index is 13.9. The molecule has 2 aliphatic heterocycles. The molecule has 0 saturated carbocycles. The zero-order valence-corrected chi connectivity index (χ0v) is 20.2. The Morgan fingerprint density at radius 1 is 0.833 bits per heavy atom. The van der Waals surface area contributed by atoms with Crippen LogP contribution in [0.1, 0.15) is 32.4 Å². The van der Waals surface area contributed by atoms with Crippen molar-refractivity contribution in [2.45, 2.75) is 11.7 Å². The van der Waals surface area contributed by atoms with Crippen molar-refractivity contribution in [2.75, 3.05) is 12.0 Å². The van der Waals surface area contributed by atoms with Crippen LogP contribution < -0.4 is 9.64 Å². The summed E-state index contributed by atoms with van der Waals surface area (Å²) in [4.78, 5) is 56.4. The number of anilines is 1. The lowest BCUT2D eigenvalue weighted by molar-refractivity contribution is -0.127. The van der Waals surface area contributed by atoms with Gasteiger partial charge in [0, 0.05) is 26.7 Å². The van der Waals surface area contributed by atoms with Crippen molar-refractivity contribution in [3.63, 3.8) is 0 Å². The van der Waals surface area contributed by atoms with E-state index in [9.17, 15) is 19.2 Å². The first-order chi connectivity index (χ1) is 17.3. The number of Topliss-reactive ketones (excluding diaryl/α,β-unsaturated/α-hetero) is 2.